The number of esters is 1. The minimum absolute atomic E-state index is 0.0257. The smallest absolute Gasteiger partial charge is 0.344 e. The molecule has 4 nitrogen and oxygen atoms in total. The van der Waals surface area contributed by atoms with Crippen LogP contribution in [0.2, 0.25) is 0 Å². The summed E-state index contributed by atoms with van der Waals surface area (Å²) in [5.41, 5.74) is 2.77. The van der Waals surface area contributed by atoms with Gasteiger partial charge < -0.3 is 9.72 Å². The Balaban J connectivity index is 2.39. The summed E-state index contributed by atoms with van der Waals surface area (Å²) < 4.78 is 4.81. The van der Waals surface area contributed by atoms with Crippen LogP contribution in [-0.4, -0.2) is 18.1 Å². The molecule has 0 atom stereocenters. The predicted molar refractivity (Wildman–Crippen MR) is 94.0 cm³/mol. The molecule has 0 fully saturated rings. The van der Waals surface area contributed by atoms with E-state index in [4.69, 9.17) is 4.74 Å². The number of hydrogen-bond donors (Lipinski definition) is 1. The normalized spacial score (nSPS) is 10.7. The summed E-state index contributed by atoms with van der Waals surface area (Å²) in [6.07, 6.45) is 0. The molecular weight excluding hydrogens is 358 g/mol. The van der Waals surface area contributed by atoms with E-state index in [-0.39, 0.29) is 5.56 Å². The number of hydrogen-bond acceptors (Lipinski definition) is 3. The highest BCUT2D eigenvalue weighted by Gasteiger charge is 2.21. The molecule has 1 heterocycles. The van der Waals surface area contributed by atoms with E-state index in [1.54, 1.807) is 0 Å². The van der Waals surface area contributed by atoms with Crippen molar-refractivity contribution in [1.29, 1.82) is 0 Å². The molecule has 1 aromatic heterocycles. The van der Waals surface area contributed by atoms with Crippen molar-refractivity contribution >= 4 is 32.8 Å². The summed E-state index contributed by atoms with van der Waals surface area (Å²) in [7, 11) is 1.27. The second-order valence-electron chi connectivity index (χ2n) is 5.07. The topological polar surface area (TPSA) is 59.2 Å². The van der Waals surface area contributed by atoms with Crippen molar-refractivity contribution in [3.63, 3.8) is 0 Å². The number of pyridine rings is 1. The number of carbonyl (C=O) groups is 1. The molecular formula is C18H14BrNO3. The molecule has 0 aliphatic rings. The number of nitrogens with one attached hydrogen (secondary N) is 1. The van der Waals surface area contributed by atoms with Crippen molar-refractivity contribution in [2.75, 3.05) is 7.11 Å². The molecule has 0 spiro atoms. The van der Waals surface area contributed by atoms with Crippen molar-refractivity contribution in [3.05, 3.63) is 70.0 Å². The Hall–Kier alpha value is -2.40. The first-order valence-electron chi connectivity index (χ1n) is 7.04. The van der Waals surface area contributed by atoms with Gasteiger partial charge in [0.15, 0.2) is 0 Å². The number of aromatic nitrogens is 1. The zero-order chi connectivity index (χ0) is 16.4. The summed E-state index contributed by atoms with van der Waals surface area (Å²) in [6.45, 7) is 0. The van der Waals surface area contributed by atoms with E-state index in [1.165, 1.54) is 7.11 Å². The maximum absolute atomic E-state index is 12.4. The summed E-state index contributed by atoms with van der Waals surface area (Å²) in [5.74, 6) is -0.642. The summed E-state index contributed by atoms with van der Waals surface area (Å²) >= 11 is 3.41. The molecule has 0 saturated heterocycles. The van der Waals surface area contributed by atoms with Crippen molar-refractivity contribution in [1.82, 2.24) is 4.98 Å². The number of alkyl halides is 1. The van der Waals surface area contributed by atoms with Crippen LogP contribution < -0.4 is 5.56 Å². The molecule has 3 rings (SSSR count). The average molecular weight is 372 g/mol. The van der Waals surface area contributed by atoms with Crippen molar-refractivity contribution in [3.8, 4) is 11.1 Å². The predicted octanol–water partition coefficient (Wildman–Crippen LogP) is 3.88. The minimum atomic E-state index is -0.642. The quantitative estimate of drug-likeness (QED) is 0.561. The van der Waals surface area contributed by atoms with E-state index in [0.717, 1.165) is 21.8 Å². The number of carbonyl (C=O) groups excluding carboxylic acids is 1. The Morgan fingerprint density at radius 2 is 1.83 bits per heavy atom. The Labute approximate surface area is 141 Å². The van der Waals surface area contributed by atoms with E-state index in [0.29, 0.717) is 11.1 Å². The van der Waals surface area contributed by atoms with Crippen molar-refractivity contribution < 1.29 is 9.53 Å². The van der Waals surface area contributed by atoms with E-state index >= 15 is 0 Å². The number of rotatable bonds is 3. The van der Waals surface area contributed by atoms with Gasteiger partial charge in [-0.15, -0.1) is 0 Å². The number of halogens is 1. The van der Waals surface area contributed by atoms with Crippen LogP contribution in [0.15, 0.2) is 53.3 Å². The second kappa shape index (κ2) is 6.38. The molecule has 0 unspecified atom stereocenters. The minimum Gasteiger partial charge on any atom is -0.465 e. The molecule has 2 aromatic carbocycles. The van der Waals surface area contributed by atoms with Crippen molar-refractivity contribution in [2.24, 2.45) is 0 Å². The fourth-order valence-corrected chi connectivity index (χ4v) is 2.97. The van der Waals surface area contributed by atoms with Crippen LogP contribution in [0.3, 0.4) is 0 Å². The molecule has 0 aliphatic carbocycles. The lowest BCUT2D eigenvalue weighted by atomic mass is 9.95. The summed E-state index contributed by atoms with van der Waals surface area (Å²) in [5, 5.41) is 1.55. The second-order valence-corrected chi connectivity index (χ2v) is 5.63. The van der Waals surface area contributed by atoms with Crippen molar-refractivity contribution in [2.45, 2.75) is 5.33 Å². The Morgan fingerprint density at radius 3 is 2.48 bits per heavy atom. The van der Waals surface area contributed by atoms with Gasteiger partial charge in [0.1, 0.15) is 5.56 Å². The molecule has 0 bridgehead atoms. The summed E-state index contributed by atoms with van der Waals surface area (Å²) in [6, 6.07) is 15.1. The van der Waals surface area contributed by atoms with Crippen LogP contribution in [0.5, 0.6) is 0 Å². The van der Waals surface area contributed by atoms with Gasteiger partial charge in [-0.25, -0.2) is 4.79 Å². The molecule has 3 aromatic rings. The van der Waals surface area contributed by atoms with Crippen LogP contribution in [0, 0.1) is 0 Å². The van der Waals surface area contributed by atoms with E-state index < -0.39 is 11.5 Å². The van der Waals surface area contributed by atoms with E-state index in [1.807, 2.05) is 48.5 Å². The maximum atomic E-state index is 12.4. The lowest BCUT2D eigenvalue weighted by molar-refractivity contribution is 0.0600. The SMILES string of the molecule is COC(=O)c1c(-c2ccc(CBr)cc2)c2ccccc2[nH]c1=O. The lowest BCUT2D eigenvalue weighted by Gasteiger charge is -2.12. The Morgan fingerprint density at radius 1 is 1.13 bits per heavy atom. The van der Waals surface area contributed by atoms with Gasteiger partial charge in [-0.3, -0.25) is 4.79 Å². The number of benzene rings is 2. The number of aromatic amines is 1. The molecule has 0 aliphatic heterocycles. The highest BCUT2D eigenvalue weighted by Crippen LogP contribution is 2.30. The van der Waals surface area contributed by atoms with Gasteiger partial charge in [-0.05, 0) is 17.2 Å². The Bertz CT molecular complexity index is 929. The third-order valence-corrected chi connectivity index (χ3v) is 4.36. The van der Waals surface area contributed by atoms with Gasteiger partial charge in [-0.1, -0.05) is 58.4 Å². The largest absolute Gasteiger partial charge is 0.465 e. The molecule has 0 amide bonds. The number of H-pyrrole nitrogens is 1. The van der Waals surface area contributed by atoms with Crippen LogP contribution in [0.25, 0.3) is 22.0 Å². The fraction of sp³-hybridized carbons (Fsp3) is 0.111. The van der Waals surface area contributed by atoms with Crippen LogP contribution in [0.1, 0.15) is 15.9 Å². The Kier molecular flexibility index (Phi) is 4.30. The first-order chi connectivity index (χ1) is 11.2. The number of methoxy groups -OCH3 is 1. The van der Waals surface area contributed by atoms with Crippen LogP contribution >= 0.6 is 15.9 Å². The zero-order valence-corrected chi connectivity index (χ0v) is 14.0. The lowest BCUT2D eigenvalue weighted by Crippen LogP contribution is -2.20. The molecule has 23 heavy (non-hydrogen) atoms. The zero-order valence-electron chi connectivity index (χ0n) is 12.4. The molecule has 116 valence electrons. The number of para-hydroxylation sites is 1. The molecule has 0 radical (unpaired) electrons. The van der Waals surface area contributed by atoms with Gasteiger partial charge in [0.05, 0.1) is 7.11 Å². The monoisotopic (exact) mass is 371 g/mol. The maximum Gasteiger partial charge on any atom is 0.344 e. The third-order valence-electron chi connectivity index (χ3n) is 3.71. The molecule has 0 saturated carbocycles. The highest BCUT2D eigenvalue weighted by atomic mass is 79.9. The van der Waals surface area contributed by atoms with E-state index in [2.05, 4.69) is 20.9 Å². The van der Waals surface area contributed by atoms with Crippen LogP contribution in [0.4, 0.5) is 0 Å². The fourth-order valence-electron chi connectivity index (χ4n) is 2.60. The highest BCUT2D eigenvalue weighted by molar-refractivity contribution is 9.08. The number of ether oxygens (including phenoxy) is 1. The van der Waals surface area contributed by atoms with Crippen LogP contribution in [-0.2, 0) is 10.1 Å². The standard InChI is InChI=1S/C18H14BrNO3/c1-23-18(22)16-15(12-8-6-11(10-19)7-9-12)13-4-2-3-5-14(13)20-17(16)21/h2-9H,10H2,1H3,(H,20,21). The van der Waals surface area contributed by atoms with Gasteiger partial charge >= 0.3 is 5.97 Å². The van der Waals surface area contributed by atoms with E-state index in [9.17, 15) is 9.59 Å². The molecule has 1 N–H and O–H groups in total. The first kappa shape index (κ1) is 15.5. The number of fused-ring (bicyclic) bond motifs is 1. The molecule has 5 heteroatoms. The third kappa shape index (κ3) is 2.80. The van der Waals surface area contributed by atoms with Gasteiger partial charge in [-0.2, -0.15) is 0 Å². The average Bonchev–Trinajstić information content (AvgIpc) is 2.60. The summed E-state index contributed by atoms with van der Waals surface area (Å²) in [4.78, 5) is 27.3. The van der Waals surface area contributed by atoms with Gasteiger partial charge in [0.2, 0.25) is 0 Å². The van der Waals surface area contributed by atoms with Gasteiger partial charge in [0, 0.05) is 21.8 Å². The first-order valence-corrected chi connectivity index (χ1v) is 8.16. The van der Waals surface area contributed by atoms with Gasteiger partial charge in [0.25, 0.3) is 5.56 Å².